The summed E-state index contributed by atoms with van der Waals surface area (Å²) in [6.07, 6.45) is 0. The van der Waals surface area contributed by atoms with Gasteiger partial charge in [0, 0.05) is 6.54 Å². The van der Waals surface area contributed by atoms with Crippen LogP contribution in [0, 0.1) is 0 Å². The Labute approximate surface area is 149 Å². The highest BCUT2D eigenvalue weighted by Gasteiger charge is 2.18. The molecule has 0 aromatic heterocycles. The Hall–Kier alpha value is -2.53. The van der Waals surface area contributed by atoms with Crippen molar-refractivity contribution < 1.29 is 14.6 Å². The number of ether oxygens (including phenoxy) is 1. The molecule has 0 saturated carbocycles. The Morgan fingerprint density at radius 3 is 2.36 bits per heavy atom. The molecule has 2 aromatic carbocycles. The second-order valence-corrected chi connectivity index (χ2v) is 5.71. The first-order valence-corrected chi connectivity index (χ1v) is 8.62. The van der Waals surface area contributed by atoms with E-state index in [9.17, 15) is 9.90 Å². The van der Waals surface area contributed by atoms with Gasteiger partial charge in [0.05, 0.1) is 6.04 Å². The van der Waals surface area contributed by atoms with E-state index in [0.717, 1.165) is 13.1 Å². The number of amides is 1. The predicted molar refractivity (Wildman–Crippen MR) is 98.7 cm³/mol. The third-order valence-electron chi connectivity index (χ3n) is 4.15. The van der Waals surface area contributed by atoms with Gasteiger partial charge in [-0.15, -0.1) is 0 Å². The average molecular weight is 342 g/mol. The molecule has 0 aliphatic rings. The first-order chi connectivity index (χ1) is 12.2. The third-order valence-corrected chi connectivity index (χ3v) is 4.15. The van der Waals surface area contributed by atoms with Crippen molar-refractivity contribution in [1.29, 1.82) is 0 Å². The summed E-state index contributed by atoms with van der Waals surface area (Å²) in [4.78, 5) is 14.4. The van der Waals surface area contributed by atoms with Gasteiger partial charge in [0.25, 0.3) is 5.91 Å². The molecule has 25 heavy (non-hydrogen) atoms. The lowest BCUT2D eigenvalue weighted by molar-refractivity contribution is -0.123. The molecule has 5 nitrogen and oxygen atoms in total. The van der Waals surface area contributed by atoms with Crippen LogP contribution < -0.4 is 10.1 Å². The number of nitrogens with zero attached hydrogens (tertiary/aromatic N) is 1. The van der Waals surface area contributed by atoms with Gasteiger partial charge < -0.3 is 15.2 Å². The summed E-state index contributed by atoms with van der Waals surface area (Å²) in [6.45, 7) is 6.41. The topological polar surface area (TPSA) is 61.8 Å². The van der Waals surface area contributed by atoms with Gasteiger partial charge in [-0.1, -0.05) is 56.3 Å². The number of benzene rings is 2. The van der Waals surface area contributed by atoms with Crippen molar-refractivity contribution in [3.8, 4) is 11.5 Å². The smallest absolute Gasteiger partial charge is 0.258 e. The van der Waals surface area contributed by atoms with Gasteiger partial charge in [-0.05, 0) is 30.8 Å². The molecule has 2 aromatic rings. The molecule has 0 bridgehead atoms. The third kappa shape index (κ3) is 5.50. The Bertz CT molecular complexity index is 657. The van der Waals surface area contributed by atoms with Crippen molar-refractivity contribution in [3.05, 3.63) is 60.2 Å². The second kappa shape index (κ2) is 9.69. The Kier molecular flexibility index (Phi) is 7.29. The molecular formula is C20H26N2O3. The van der Waals surface area contributed by atoms with Gasteiger partial charge >= 0.3 is 0 Å². The normalized spacial score (nSPS) is 12.0. The Balaban J connectivity index is 1.93. The zero-order valence-corrected chi connectivity index (χ0v) is 14.8. The largest absolute Gasteiger partial charge is 0.504 e. The van der Waals surface area contributed by atoms with Crippen molar-refractivity contribution in [2.75, 3.05) is 26.2 Å². The number of phenolic OH excluding ortho intramolecular Hbond substituents is 1. The summed E-state index contributed by atoms with van der Waals surface area (Å²) in [6, 6.07) is 16.9. The summed E-state index contributed by atoms with van der Waals surface area (Å²) < 4.78 is 5.37. The van der Waals surface area contributed by atoms with E-state index in [2.05, 4.69) is 36.2 Å². The van der Waals surface area contributed by atoms with Gasteiger partial charge in [0.1, 0.15) is 0 Å². The number of likely N-dealkylation sites (N-methyl/N-ethyl adjacent to an activating group) is 1. The summed E-state index contributed by atoms with van der Waals surface area (Å²) in [7, 11) is 0. The SMILES string of the molecule is CCN(CC)C(CNC(=O)COc1ccccc1O)c1ccccc1. The van der Waals surface area contributed by atoms with E-state index >= 15 is 0 Å². The number of hydrogen-bond acceptors (Lipinski definition) is 4. The lowest BCUT2D eigenvalue weighted by Gasteiger charge is -2.30. The number of phenols is 1. The summed E-state index contributed by atoms with van der Waals surface area (Å²) >= 11 is 0. The van der Waals surface area contributed by atoms with Crippen molar-refractivity contribution >= 4 is 5.91 Å². The second-order valence-electron chi connectivity index (χ2n) is 5.71. The van der Waals surface area contributed by atoms with Crippen LogP contribution in [0.2, 0.25) is 0 Å². The molecule has 0 aliphatic carbocycles. The van der Waals surface area contributed by atoms with E-state index in [0.29, 0.717) is 12.3 Å². The zero-order chi connectivity index (χ0) is 18.1. The van der Waals surface area contributed by atoms with E-state index < -0.39 is 0 Å². The average Bonchev–Trinajstić information content (AvgIpc) is 2.65. The van der Waals surface area contributed by atoms with Gasteiger partial charge in [0.2, 0.25) is 0 Å². The number of carbonyl (C=O) groups excluding carboxylic acids is 1. The summed E-state index contributed by atoms with van der Waals surface area (Å²) in [5, 5.41) is 12.6. The maximum atomic E-state index is 12.1. The molecule has 0 saturated heterocycles. The number of hydrogen-bond donors (Lipinski definition) is 2. The van der Waals surface area contributed by atoms with E-state index in [1.165, 1.54) is 11.6 Å². The van der Waals surface area contributed by atoms with Crippen molar-refractivity contribution in [3.63, 3.8) is 0 Å². The minimum absolute atomic E-state index is 0.0283. The molecular weight excluding hydrogens is 316 g/mol. The van der Waals surface area contributed by atoms with Crippen molar-refractivity contribution in [1.82, 2.24) is 10.2 Å². The molecule has 0 heterocycles. The highest BCUT2D eigenvalue weighted by atomic mass is 16.5. The molecule has 1 unspecified atom stereocenters. The fourth-order valence-corrected chi connectivity index (χ4v) is 2.78. The highest BCUT2D eigenvalue weighted by Crippen LogP contribution is 2.24. The van der Waals surface area contributed by atoms with E-state index in [1.54, 1.807) is 18.2 Å². The number of nitrogens with one attached hydrogen (secondary N) is 1. The fourth-order valence-electron chi connectivity index (χ4n) is 2.78. The first kappa shape index (κ1) is 18.8. The quantitative estimate of drug-likeness (QED) is 0.735. The molecule has 1 amide bonds. The molecule has 1 atom stereocenters. The van der Waals surface area contributed by atoms with Gasteiger partial charge in [-0.25, -0.2) is 0 Å². The van der Waals surface area contributed by atoms with Crippen molar-refractivity contribution in [2.24, 2.45) is 0 Å². The van der Waals surface area contributed by atoms with Crippen LogP contribution in [0.5, 0.6) is 11.5 Å². The Morgan fingerprint density at radius 1 is 1.08 bits per heavy atom. The molecule has 0 radical (unpaired) electrons. The maximum Gasteiger partial charge on any atom is 0.258 e. The molecule has 0 fully saturated rings. The molecule has 2 N–H and O–H groups in total. The number of aromatic hydroxyl groups is 1. The minimum atomic E-state index is -0.212. The van der Waals surface area contributed by atoms with E-state index in [4.69, 9.17) is 4.74 Å². The van der Waals surface area contributed by atoms with Crippen LogP contribution in [0.15, 0.2) is 54.6 Å². The lowest BCUT2D eigenvalue weighted by Crippen LogP contribution is -2.39. The number of para-hydroxylation sites is 2. The van der Waals surface area contributed by atoms with Crippen LogP contribution in [-0.4, -0.2) is 42.2 Å². The molecule has 5 heteroatoms. The monoisotopic (exact) mass is 342 g/mol. The predicted octanol–water partition coefficient (Wildman–Crippen LogP) is 2.97. The van der Waals surface area contributed by atoms with Crippen LogP contribution in [-0.2, 0) is 4.79 Å². The van der Waals surface area contributed by atoms with Crippen LogP contribution in [0.1, 0.15) is 25.5 Å². The highest BCUT2D eigenvalue weighted by molar-refractivity contribution is 5.77. The van der Waals surface area contributed by atoms with Gasteiger partial charge in [-0.3, -0.25) is 9.69 Å². The van der Waals surface area contributed by atoms with Crippen LogP contribution >= 0.6 is 0 Å². The summed E-state index contributed by atoms with van der Waals surface area (Å²) in [5.41, 5.74) is 1.17. The number of rotatable bonds is 9. The van der Waals surface area contributed by atoms with Crippen molar-refractivity contribution in [2.45, 2.75) is 19.9 Å². The number of carbonyl (C=O) groups is 1. The van der Waals surface area contributed by atoms with E-state index in [-0.39, 0.29) is 24.3 Å². The summed E-state index contributed by atoms with van der Waals surface area (Å²) in [5.74, 6) is 0.123. The molecule has 0 aliphatic heterocycles. The Morgan fingerprint density at radius 2 is 1.72 bits per heavy atom. The van der Waals surface area contributed by atoms with Crippen LogP contribution in [0.25, 0.3) is 0 Å². The zero-order valence-electron chi connectivity index (χ0n) is 14.8. The standard InChI is InChI=1S/C20H26N2O3/c1-3-22(4-2)17(16-10-6-5-7-11-16)14-21-20(24)15-25-19-13-9-8-12-18(19)23/h5-13,17,23H,3-4,14-15H2,1-2H3,(H,21,24). The van der Waals surface area contributed by atoms with Crippen LogP contribution in [0.3, 0.4) is 0 Å². The van der Waals surface area contributed by atoms with Gasteiger partial charge in [0.15, 0.2) is 18.1 Å². The van der Waals surface area contributed by atoms with Crippen LogP contribution in [0.4, 0.5) is 0 Å². The molecule has 134 valence electrons. The molecule has 2 rings (SSSR count). The van der Waals surface area contributed by atoms with E-state index in [1.807, 2.05) is 18.2 Å². The lowest BCUT2D eigenvalue weighted by atomic mass is 10.1. The maximum absolute atomic E-state index is 12.1. The van der Waals surface area contributed by atoms with Gasteiger partial charge in [-0.2, -0.15) is 0 Å². The fraction of sp³-hybridized carbons (Fsp3) is 0.350. The minimum Gasteiger partial charge on any atom is -0.504 e. The molecule has 0 spiro atoms. The first-order valence-electron chi connectivity index (χ1n) is 8.62.